The summed E-state index contributed by atoms with van der Waals surface area (Å²) in [5.41, 5.74) is 3.83. The van der Waals surface area contributed by atoms with Gasteiger partial charge in [-0.05, 0) is 31.9 Å². The van der Waals surface area contributed by atoms with Crippen LogP contribution in [0.2, 0.25) is 0 Å². The Morgan fingerprint density at radius 2 is 2.26 bits per heavy atom. The van der Waals surface area contributed by atoms with Crippen LogP contribution in [0.5, 0.6) is 0 Å². The van der Waals surface area contributed by atoms with Gasteiger partial charge in [-0.3, -0.25) is 9.78 Å². The smallest absolute Gasteiger partial charge is 0.139 e. The molecule has 4 heterocycles. The van der Waals surface area contributed by atoms with Crippen molar-refractivity contribution < 1.29 is 4.74 Å². The fourth-order valence-electron chi connectivity index (χ4n) is 3.98. The number of pyridine rings is 1. The first-order chi connectivity index (χ1) is 13.1. The lowest BCUT2D eigenvalue weighted by Crippen LogP contribution is -2.44. The number of nitrogens with one attached hydrogen (secondary N) is 1. The monoisotopic (exact) mass is 363 g/mol. The number of H-pyrrole nitrogens is 1. The second-order valence-electron chi connectivity index (χ2n) is 7.47. The van der Waals surface area contributed by atoms with Crippen LogP contribution in [0, 0.1) is 11.3 Å². The van der Waals surface area contributed by atoms with Crippen molar-refractivity contribution in [3.8, 4) is 17.5 Å². The van der Waals surface area contributed by atoms with Crippen LogP contribution in [0.1, 0.15) is 25.3 Å². The van der Waals surface area contributed by atoms with Crippen LogP contribution < -0.4 is 4.90 Å². The summed E-state index contributed by atoms with van der Waals surface area (Å²) in [4.78, 5) is 7.25. The summed E-state index contributed by atoms with van der Waals surface area (Å²) in [7, 11) is 1.91. The van der Waals surface area contributed by atoms with Crippen LogP contribution in [0.4, 0.5) is 5.82 Å². The van der Waals surface area contributed by atoms with Gasteiger partial charge >= 0.3 is 0 Å². The molecule has 1 saturated carbocycles. The van der Waals surface area contributed by atoms with E-state index in [1.165, 1.54) is 0 Å². The minimum Gasteiger partial charge on any atom is -0.377 e. The molecule has 2 aliphatic rings. The molecule has 27 heavy (non-hydrogen) atoms. The minimum atomic E-state index is -0.428. The maximum absolute atomic E-state index is 9.85. The normalized spacial score (nSPS) is 21.4. The zero-order valence-electron chi connectivity index (χ0n) is 15.4. The zero-order chi connectivity index (χ0) is 18.6. The Balaban J connectivity index is 1.78. The van der Waals surface area contributed by atoms with Crippen molar-refractivity contribution in [1.29, 1.82) is 5.26 Å². The number of rotatable bonds is 3. The largest absolute Gasteiger partial charge is 0.377 e. The van der Waals surface area contributed by atoms with Crippen molar-refractivity contribution in [3.63, 3.8) is 0 Å². The number of hydrogen-bond donors (Lipinski definition) is 1. The molecule has 2 fully saturated rings. The summed E-state index contributed by atoms with van der Waals surface area (Å²) in [6.07, 6.45) is 3.54. The molecule has 5 rings (SSSR count). The summed E-state index contributed by atoms with van der Waals surface area (Å²) >= 11 is 0. The number of aromatic nitrogens is 5. The SMILES string of the molecule is C[C@@H]1COCCN1c1cc(C2(C#N)CC2)c2c(n1)c(-c1cc[nH]n1)nn2C. The van der Waals surface area contributed by atoms with Crippen LogP contribution in [-0.4, -0.2) is 50.8 Å². The highest BCUT2D eigenvalue weighted by Crippen LogP contribution is 2.51. The molecule has 0 radical (unpaired) electrons. The number of hydrogen-bond acceptors (Lipinski definition) is 6. The number of aryl methyl sites for hydroxylation is 1. The lowest BCUT2D eigenvalue weighted by molar-refractivity contribution is 0.0985. The van der Waals surface area contributed by atoms with E-state index in [1.54, 1.807) is 6.20 Å². The van der Waals surface area contributed by atoms with Gasteiger partial charge in [0.1, 0.15) is 22.7 Å². The molecule has 0 unspecified atom stereocenters. The summed E-state index contributed by atoms with van der Waals surface area (Å²) in [5.74, 6) is 0.889. The highest BCUT2D eigenvalue weighted by atomic mass is 16.5. The van der Waals surface area contributed by atoms with Gasteiger partial charge in [0.15, 0.2) is 0 Å². The molecule has 0 amide bonds. The van der Waals surface area contributed by atoms with Gasteiger partial charge < -0.3 is 9.64 Å². The molecule has 3 aromatic heterocycles. The molecule has 1 atom stereocenters. The number of morpholine rings is 1. The first kappa shape index (κ1) is 16.3. The molecule has 8 nitrogen and oxygen atoms in total. The Bertz CT molecular complexity index is 1040. The van der Waals surface area contributed by atoms with Crippen molar-refractivity contribution in [2.24, 2.45) is 7.05 Å². The molecule has 1 N–H and O–H groups in total. The van der Waals surface area contributed by atoms with Gasteiger partial charge in [0, 0.05) is 25.4 Å². The molecule has 0 bridgehead atoms. The molecular formula is C19H21N7O. The minimum absolute atomic E-state index is 0.235. The van der Waals surface area contributed by atoms with E-state index < -0.39 is 5.41 Å². The van der Waals surface area contributed by atoms with E-state index in [0.717, 1.165) is 53.2 Å². The van der Waals surface area contributed by atoms with Crippen molar-refractivity contribution in [3.05, 3.63) is 23.9 Å². The van der Waals surface area contributed by atoms with Crippen LogP contribution in [0.3, 0.4) is 0 Å². The molecule has 1 aliphatic heterocycles. The fourth-order valence-corrected chi connectivity index (χ4v) is 3.98. The summed E-state index contributed by atoms with van der Waals surface area (Å²) < 4.78 is 7.43. The third kappa shape index (κ3) is 2.42. The van der Waals surface area contributed by atoms with Crippen molar-refractivity contribution in [2.75, 3.05) is 24.7 Å². The van der Waals surface area contributed by atoms with Gasteiger partial charge in [0.25, 0.3) is 0 Å². The third-order valence-corrected chi connectivity index (χ3v) is 5.66. The maximum atomic E-state index is 9.85. The van der Waals surface area contributed by atoms with E-state index in [-0.39, 0.29) is 6.04 Å². The topological polar surface area (TPSA) is 95.7 Å². The fraction of sp³-hybridized carbons (Fsp3) is 0.474. The van der Waals surface area contributed by atoms with Crippen LogP contribution in [-0.2, 0) is 17.2 Å². The lowest BCUT2D eigenvalue weighted by Gasteiger charge is -2.34. The zero-order valence-corrected chi connectivity index (χ0v) is 15.4. The summed E-state index contributed by atoms with van der Waals surface area (Å²) in [5, 5.41) is 21.7. The summed E-state index contributed by atoms with van der Waals surface area (Å²) in [6.45, 7) is 4.29. The van der Waals surface area contributed by atoms with Crippen LogP contribution in [0.15, 0.2) is 18.3 Å². The Hall–Kier alpha value is -2.92. The molecule has 3 aromatic rings. The number of anilines is 1. The predicted octanol–water partition coefficient (Wildman–Crippen LogP) is 2.14. The summed E-state index contributed by atoms with van der Waals surface area (Å²) in [6, 6.07) is 6.76. The highest BCUT2D eigenvalue weighted by molar-refractivity contribution is 5.93. The molecule has 138 valence electrons. The third-order valence-electron chi connectivity index (χ3n) is 5.66. The van der Waals surface area contributed by atoms with Gasteiger partial charge in [-0.25, -0.2) is 4.98 Å². The number of ether oxygens (including phenoxy) is 1. The van der Waals surface area contributed by atoms with Gasteiger partial charge in [0.05, 0.1) is 36.3 Å². The average molecular weight is 363 g/mol. The molecule has 0 spiro atoms. The van der Waals surface area contributed by atoms with Gasteiger partial charge in [-0.2, -0.15) is 15.5 Å². The van der Waals surface area contributed by atoms with Gasteiger partial charge in [-0.1, -0.05) is 0 Å². The number of fused-ring (bicyclic) bond motifs is 1. The van der Waals surface area contributed by atoms with E-state index in [1.807, 2.05) is 17.8 Å². The first-order valence-corrected chi connectivity index (χ1v) is 9.27. The Morgan fingerprint density at radius 3 is 2.93 bits per heavy atom. The van der Waals surface area contributed by atoms with E-state index in [0.29, 0.717) is 13.2 Å². The predicted molar refractivity (Wildman–Crippen MR) is 100 cm³/mol. The van der Waals surface area contributed by atoms with E-state index in [9.17, 15) is 5.26 Å². The Kier molecular flexibility index (Phi) is 3.49. The van der Waals surface area contributed by atoms with Crippen molar-refractivity contribution in [2.45, 2.75) is 31.2 Å². The van der Waals surface area contributed by atoms with Gasteiger partial charge in [0.2, 0.25) is 0 Å². The van der Waals surface area contributed by atoms with E-state index in [4.69, 9.17) is 14.8 Å². The van der Waals surface area contributed by atoms with Crippen LogP contribution in [0.25, 0.3) is 22.4 Å². The maximum Gasteiger partial charge on any atom is 0.139 e. The standard InChI is InChI=1S/C19H21N7O/c1-12-10-27-8-7-26(12)15-9-13(19(11-20)4-5-19)18-17(22-15)16(24-25(18)2)14-3-6-21-23-14/h3,6,9,12H,4-5,7-8,10H2,1-2H3,(H,21,23)/t12-/m1/s1. The molecule has 0 aromatic carbocycles. The number of nitriles is 1. The Labute approximate surface area is 156 Å². The lowest BCUT2D eigenvalue weighted by atomic mass is 9.96. The molecular weight excluding hydrogens is 342 g/mol. The molecule has 1 saturated heterocycles. The molecule has 1 aliphatic carbocycles. The van der Waals surface area contributed by atoms with Crippen molar-refractivity contribution >= 4 is 16.9 Å². The quantitative estimate of drug-likeness (QED) is 0.766. The van der Waals surface area contributed by atoms with E-state index in [2.05, 4.69) is 34.2 Å². The average Bonchev–Trinajstić information content (AvgIpc) is 3.15. The van der Waals surface area contributed by atoms with Crippen molar-refractivity contribution in [1.82, 2.24) is 25.0 Å². The number of aromatic amines is 1. The highest BCUT2D eigenvalue weighted by Gasteiger charge is 2.47. The second-order valence-corrected chi connectivity index (χ2v) is 7.47. The second kappa shape index (κ2) is 5.79. The Morgan fingerprint density at radius 1 is 1.41 bits per heavy atom. The molecule has 8 heteroatoms. The first-order valence-electron chi connectivity index (χ1n) is 9.27. The van der Waals surface area contributed by atoms with E-state index >= 15 is 0 Å². The van der Waals surface area contributed by atoms with Gasteiger partial charge in [-0.15, -0.1) is 0 Å². The number of nitrogens with zero attached hydrogens (tertiary/aromatic N) is 6. The van der Waals surface area contributed by atoms with Crippen LogP contribution >= 0.6 is 0 Å².